The highest BCUT2D eigenvalue weighted by atomic mass is 32.1. The van der Waals surface area contributed by atoms with Crippen molar-refractivity contribution in [1.29, 1.82) is 0 Å². The molecule has 1 aromatic carbocycles. The molecule has 0 atom stereocenters. The van der Waals surface area contributed by atoms with E-state index in [1.54, 1.807) is 18.4 Å². The molecule has 0 bridgehead atoms. The molecule has 3 rings (SSSR count). The van der Waals surface area contributed by atoms with E-state index in [2.05, 4.69) is 9.97 Å². The summed E-state index contributed by atoms with van der Waals surface area (Å²) in [5.41, 5.74) is 7.02. The zero-order valence-electron chi connectivity index (χ0n) is 12.3. The Balaban J connectivity index is 2.13. The topological polar surface area (TPSA) is 95.2 Å². The van der Waals surface area contributed by atoms with Gasteiger partial charge in [0.25, 0.3) is 5.91 Å². The molecule has 6 nitrogen and oxygen atoms in total. The van der Waals surface area contributed by atoms with Gasteiger partial charge < -0.3 is 10.5 Å². The van der Waals surface area contributed by atoms with Gasteiger partial charge in [0.15, 0.2) is 5.69 Å². The maximum atomic E-state index is 11.7. The number of esters is 1. The average Bonchev–Trinajstić information content (AvgIpc) is 3.03. The fourth-order valence-corrected chi connectivity index (χ4v) is 2.94. The van der Waals surface area contributed by atoms with Gasteiger partial charge in [-0.1, -0.05) is 18.2 Å². The van der Waals surface area contributed by atoms with E-state index in [0.717, 1.165) is 10.9 Å². The summed E-state index contributed by atoms with van der Waals surface area (Å²) in [6, 6.07) is 9.09. The van der Waals surface area contributed by atoms with Crippen molar-refractivity contribution < 1.29 is 14.3 Å². The summed E-state index contributed by atoms with van der Waals surface area (Å²) in [6.45, 7) is 1.99. The van der Waals surface area contributed by atoms with Gasteiger partial charge in [-0.05, 0) is 19.1 Å². The Hall–Kier alpha value is -2.80. The minimum absolute atomic E-state index is 0.192. The normalized spacial score (nSPS) is 10.7. The van der Waals surface area contributed by atoms with Gasteiger partial charge in [0, 0.05) is 10.8 Å². The van der Waals surface area contributed by atoms with Gasteiger partial charge in [0.05, 0.1) is 17.7 Å². The Bertz CT molecular complexity index is 904. The number of primary amides is 1. The first-order valence-corrected chi connectivity index (χ1v) is 7.80. The average molecular weight is 327 g/mol. The van der Waals surface area contributed by atoms with Crippen LogP contribution in [0, 0.1) is 0 Å². The van der Waals surface area contributed by atoms with Crippen molar-refractivity contribution in [3.8, 4) is 10.7 Å². The van der Waals surface area contributed by atoms with E-state index in [1.165, 1.54) is 11.3 Å². The van der Waals surface area contributed by atoms with E-state index in [4.69, 9.17) is 10.5 Å². The Morgan fingerprint density at radius 1 is 1.26 bits per heavy atom. The maximum absolute atomic E-state index is 11.7. The second-order valence-electron chi connectivity index (χ2n) is 4.70. The Labute approximate surface area is 135 Å². The molecule has 3 aromatic rings. The Morgan fingerprint density at radius 2 is 2.04 bits per heavy atom. The summed E-state index contributed by atoms with van der Waals surface area (Å²) < 4.78 is 4.92. The number of amides is 1. The molecule has 0 spiro atoms. The number of para-hydroxylation sites is 1. The van der Waals surface area contributed by atoms with Crippen molar-refractivity contribution in [1.82, 2.24) is 9.97 Å². The van der Waals surface area contributed by atoms with Crippen LogP contribution < -0.4 is 5.73 Å². The molecule has 116 valence electrons. The van der Waals surface area contributed by atoms with Gasteiger partial charge in [-0.15, -0.1) is 11.3 Å². The molecule has 7 heteroatoms. The first-order chi connectivity index (χ1) is 11.1. The predicted molar refractivity (Wildman–Crippen MR) is 87.3 cm³/mol. The number of fused-ring (bicyclic) bond motifs is 1. The first kappa shape index (κ1) is 15.1. The van der Waals surface area contributed by atoms with Gasteiger partial charge in [-0.2, -0.15) is 0 Å². The highest BCUT2D eigenvalue weighted by Gasteiger charge is 2.19. The lowest BCUT2D eigenvalue weighted by Gasteiger charge is -2.05. The van der Waals surface area contributed by atoms with E-state index >= 15 is 0 Å². The number of rotatable bonds is 4. The third-order valence-corrected chi connectivity index (χ3v) is 4.03. The zero-order valence-corrected chi connectivity index (χ0v) is 13.1. The van der Waals surface area contributed by atoms with E-state index in [-0.39, 0.29) is 17.9 Å². The van der Waals surface area contributed by atoms with Crippen molar-refractivity contribution >= 4 is 34.1 Å². The van der Waals surface area contributed by atoms with Gasteiger partial charge in [0.2, 0.25) is 0 Å². The van der Waals surface area contributed by atoms with Crippen LogP contribution >= 0.6 is 11.3 Å². The zero-order chi connectivity index (χ0) is 16.4. The summed E-state index contributed by atoms with van der Waals surface area (Å²) in [7, 11) is 0. The molecule has 23 heavy (non-hydrogen) atoms. The quantitative estimate of drug-likeness (QED) is 0.743. The fourth-order valence-electron chi connectivity index (χ4n) is 2.15. The predicted octanol–water partition coefficient (Wildman–Crippen LogP) is 2.63. The number of benzene rings is 1. The summed E-state index contributed by atoms with van der Waals surface area (Å²) in [6.07, 6.45) is 0. The van der Waals surface area contributed by atoms with Crippen molar-refractivity contribution in [3.05, 3.63) is 47.0 Å². The van der Waals surface area contributed by atoms with Crippen LogP contribution in [0.2, 0.25) is 0 Å². The van der Waals surface area contributed by atoms with Crippen LogP contribution in [0.3, 0.4) is 0 Å². The van der Waals surface area contributed by atoms with Crippen molar-refractivity contribution in [3.63, 3.8) is 0 Å². The Kier molecular flexibility index (Phi) is 4.03. The smallest absolute Gasteiger partial charge is 0.357 e. The van der Waals surface area contributed by atoms with Gasteiger partial charge >= 0.3 is 5.97 Å². The highest BCUT2D eigenvalue weighted by Crippen LogP contribution is 2.28. The lowest BCUT2D eigenvalue weighted by atomic mass is 10.1. The number of ether oxygens (including phenoxy) is 1. The molecule has 0 fully saturated rings. The fraction of sp³-hybridized carbons (Fsp3) is 0.125. The van der Waals surface area contributed by atoms with Crippen LogP contribution in [0.15, 0.2) is 35.7 Å². The number of nitrogens with zero attached hydrogens (tertiary/aromatic N) is 2. The molecule has 0 radical (unpaired) electrons. The standard InChI is InChI=1S/C16H13N3O3S/c1-2-22-16(21)12-8-23-15(19-12)13-10(14(17)20)7-9-5-3-4-6-11(9)18-13/h3-8H,2H2,1H3,(H2,17,20). The van der Waals surface area contributed by atoms with Crippen LogP contribution in [0.25, 0.3) is 21.6 Å². The summed E-state index contributed by atoms with van der Waals surface area (Å²) in [5, 5.41) is 2.84. The largest absolute Gasteiger partial charge is 0.461 e. The van der Waals surface area contributed by atoms with Crippen LogP contribution in [0.5, 0.6) is 0 Å². The minimum Gasteiger partial charge on any atom is -0.461 e. The molecule has 0 saturated heterocycles. The number of aromatic nitrogens is 2. The molecule has 0 aliphatic rings. The number of thiazole rings is 1. The van der Waals surface area contributed by atoms with Gasteiger partial charge in [-0.3, -0.25) is 4.79 Å². The lowest BCUT2D eigenvalue weighted by molar-refractivity contribution is 0.0520. The van der Waals surface area contributed by atoms with Crippen LogP contribution in [-0.2, 0) is 4.74 Å². The molecule has 2 aromatic heterocycles. The molecule has 2 heterocycles. The molecule has 0 unspecified atom stereocenters. The number of hydrogen-bond acceptors (Lipinski definition) is 6. The molecular formula is C16H13N3O3S. The third-order valence-electron chi connectivity index (χ3n) is 3.18. The second-order valence-corrected chi connectivity index (χ2v) is 5.56. The maximum Gasteiger partial charge on any atom is 0.357 e. The van der Waals surface area contributed by atoms with Crippen LogP contribution in [0.1, 0.15) is 27.8 Å². The third kappa shape index (κ3) is 2.91. The van der Waals surface area contributed by atoms with E-state index in [1.807, 2.05) is 24.3 Å². The summed E-state index contributed by atoms with van der Waals surface area (Å²) >= 11 is 1.21. The summed E-state index contributed by atoms with van der Waals surface area (Å²) in [5.74, 6) is -1.09. The monoisotopic (exact) mass is 327 g/mol. The minimum atomic E-state index is -0.592. The van der Waals surface area contributed by atoms with E-state index < -0.39 is 11.9 Å². The molecular weight excluding hydrogens is 314 g/mol. The molecule has 0 aliphatic heterocycles. The Morgan fingerprint density at radius 3 is 2.78 bits per heavy atom. The number of hydrogen-bond donors (Lipinski definition) is 1. The van der Waals surface area contributed by atoms with E-state index in [9.17, 15) is 9.59 Å². The molecule has 1 amide bonds. The van der Waals surface area contributed by atoms with Crippen LogP contribution in [0.4, 0.5) is 0 Å². The molecule has 2 N–H and O–H groups in total. The van der Waals surface area contributed by atoms with Crippen molar-refractivity contribution in [2.75, 3.05) is 6.61 Å². The highest BCUT2D eigenvalue weighted by molar-refractivity contribution is 7.13. The van der Waals surface area contributed by atoms with Crippen LogP contribution in [-0.4, -0.2) is 28.5 Å². The van der Waals surface area contributed by atoms with E-state index in [0.29, 0.717) is 10.7 Å². The summed E-state index contributed by atoms with van der Waals surface area (Å²) in [4.78, 5) is 32.2. The molecule has 0 aliphatic carbocycles. The first-order valence-electron chi connectivity index (χ1n) is 6.92. The van der Waals surface area contributed by atoms with Crippen molar-refractivity contribution in [2.24, 2.45) is 5.73 Å². The number of carbonyl (C=O) groups excluding carboxylic acids is 2. The molecule has 0 saturated carbocycles. The number of pyridine rings is 1. The number of carbonyl (C=O) groups is 2. The SMILES string of the molecule is CCOC(=O)c1csc(-c2nc3ccccc3cc2C(N)=O)n1. The second kappa shape index (κ2) is 6.13. The number of nitrogens with two attached hydrogens (primary N) is 1. The van der Waals surface area contributed by atoms with Crippen molar-refractivity contribution in [2.45, 2.75) is 6.92 Å². The van der Waals surface area contributed by atoms with Gasteiger partial charge in [-0.25, -0.2) is 14.8 Å². The van der Waals surface area contributed by atoms with Gasteiger partial charge in [0.1, 0.15) is 10.7 Å². The lowest BCUT2D eigenvalue weighted by Crippen LogP contribution is -2.13.